The van der Waals surface area contributed by atoms with E-state index in [0.717, 1.165) is 30.8 Å². The maximum atomic E-state index is 11.8. The molecular weight excluding hydrogens is 230 g/mol. The van der Waals surface area contributed by atoms with Gasteiger partial charge in [-0.05, 0) is 35.8 Å². The number of rotatable bonds is 4. The zero-order valence-corrected chi connectivity index (χ0v) is 11.1. The highest BCUT2D eigenvalue weighted by molar-refractivity contribution is 7.80. The molecule has 1 aliphatic rings. The lowest BCUT2D eigenvalue weighted by Crippen LogP contribution is -2.24. The first-order valence-electron chi connectivity index (χ1n) is 6.24. The normalized spacial score (nSPS) is 20.0. The lowest BCUT2D eigenvalue weighted by atomic mass is 10.1. The number of hydrogen-bond acceptors (Lipinski definition) is 2. The Bertz CT molecular complexity index is 388. The van der Waals surface area contributed by atoms with Gasteiger partial charge in [0.25, 0.3) is 0 Å². The third-order valence-corrected chi connectivity index (χ3v) is 3.77. The third-order valence-electron chi connectivity index (χ3n) is 3.25. The van der Waals surface area contributed by atoms with Crippen LogP contribution in [0.4, 0.5) is 5.69 Å². The van der Waals surface area contributed by atoms with Gasteiger partial charge in [-0.25, -0.2) is 0 Å². The van der Waals surface area contributed by atoms with Crippen molar-refractivity contribution in [2.75, 3.05) is 17.2 Å². The van der Waals surface area contributed by atoms with E-state index in [0.29, 0.717) is 12.3 Å². The Kier molecular flexibility index (Phi) is 4.11. The van der Waals surface area contributed by atoms with Crippen molar-refractivity contribution in [2.24, 2.45) is 5.92 Å². The molecule has 0 bridgehead atoms. The molecule has 0 radical (unpaired) electrons. The summed E-state index contributed by atoms with van der Waals surface area (Å²) in [6.07, 6.45) is 2.90. The minimum absolute atomic E-state index is 0.229. The fourth-order valence-corrected chi connectivity index (χ4v) is 2.53. The van der Waals surface area contributed by atoms with Gasteiger partial charge in [0.2, 0.25) is 5.91 Å². The van der Waals surface area contributed by atoms with E-state index in [1.165, 1.54) is 5.56 Å². The molecule has 17 heavy (non-hydrogen) atoms. The molecular formula is C14H19NOS. The Morgan fingerprint density at radius 2 is 2.06 bits per heavy atom. The van der Waals surface area contributed by atoms with Crippen LogP contribution in [0.3, 0.4) is 0 Å². The van der Waals surface area contributed by atoms with E-state index >= 15 is 0 Å². The zero-order valence-electron chi connectivity index (χ0n) is 10.2. The summed E-state index contributed by atoms with van der Waals surface area (Å²) in [4.78, 5) is 13.7. The number of anilines is 1. The molecule has 1 saturated heterocycles. The Hall–Kier alpha value is -0.960. The van der Waals surface area contributed by atoms with Crippen molar-refractivity contribution < 1.29 is 4.79 Å². The maximum absolute atomic E-state index is 11.8. The zero-order chi connectivity index (χ0) is 12.3. The molecule has 1 atom stereocenters. The minimum atomic E-state index is 0.229. The Labute approximate surface area is 108 Å². The molecule has 1 aliphatic heterocycles. The van der Waals surface area contributed by atoms with E-state index in [1.54, 1.807) is 0 Å². The van der Waals surface area contributed by atoms with Crippen LogP contribution in [0.2, 0.25) is 0 Å². The van der Waals surface area contributed by atoms with Crippen LogP contribution in [-0.2, 0) is 11.2 Å². The first-order chi connectivity index (χ1) is 8.24. The van der Waals surface area contributed by atoms with Gasteiger partial charge in [0.1, 0.15) is 0 Å². The molecule has 1 unspecified atom stereocenters. The monoisotopic (exact) mass is 249 g/mol. The van der Waals surface area contributed by atoms with Gasteiger partial charge in [0.15, 0.2) is 0 Å². The molecule has 2 nitrogen and oxygen atoms in total. The number of benzene rings is 1. The molecule has 1 heterocycles. The minimum Gasteiger partial charge on any atom is -0.312 e. The SMILES string of the molecule is CCCc1ccc(N2CC(CS)CC2=O)cc1. The summed E-state index contributed by atoms with van der Waals surface area (Å²) in [6, 6.07) is 8.37. The van der Waals surface area contributed by atoms with Crippen LogP contribution in [-0.4, -0.2) is 18.2 Å². The number of amides is 1. The first kappa shape index (κ1) is 12.5. The number of carbonyl (C=O) groups excluding carboxylic acids is 1. The number of aryl methyl sites for hydroxylation is 1. The Balaban J connectivity index is 2.09. The van der Waals surface area contributed by atoms with Gasteiger partial charge < -0.3 is 4.90 Å². The predicted octanol–water partition coefficient (Wildman–Crippen LogP) is 2.92. The van der Waals surface area contributed by atoms with Crippen molar-refractivity contribution >= 4 is 24.2 Å². The molecule has 0 aliphatic carbocycles. The van der Waals surface area contributed by atoms with Gasteiger partial charge in [-0.1, -0.05) is 25.5 Å². The van der Waals surface area contributed by atoms with Gasteiger partial charge in [-0.3, -0.25) is 4.79 Å². The highest BCUT2D eigenvalue weighted by Gasteiger charge is 2.29. The average molecular weight is 249 g/mol. The molecule has 2 rings (SSSR count). The second kappa shape index (κ2) is 5.58. The van der Waals surface area contributed by atoms with Crippen LogP contribution in [0, 0.1) is 5.92 Å². The molecule has 1 amide bonds. The summed E-state index contributed by atoms with van der Waals surface area (Å²) in [7, 11) is 0. The highest BCUT2D eigenvalue weighted by Crippen LogP contribution is 2.26. The fourth-order valence-electron chi connectivity index (χ4n) is 2.28. The summed E-state index contributed by atoms with van der Waals surface area (Å²) in [6.45, 7) is 2.99. The predicted molar refractivity (Wildman–Crippen MR) is 74.8 cm³/mol. The summed E-state index contributed by atoms with van der Waals surface area (Å²) >= 11 is 4.27. The second-order valence-corrected chi connectivity index (χ2v) is 5.04. The van der Waals surface area contributed by atoms with Gasteiger partial charge in [-0.2, -0.15) is 12.6 Å². The van der Waals surface area contributed by atoms with E-state index in [9.17, 15) is 4.79 Å². The third kappa shape index (κ3) is 2.83. The maximum Gasteiger partial charge on any atom is 0.227 e. The number of nitrogens with zero attached hydrogens (tertiary/aromatic N) is 1. The summed E-state index contributed by atoms with van der Waals surface area (Å²) in [5.41, 5.74) is 2.37. The van der Waals surface area contributed by atoms with Crippen molar-refractivity contribution in [3.63, 3.8) is 0 Å². The van der Waals surface area contributed by atoms with Crippen molar-refractivity contribution in [1.82, 2.24) is 0 Å². The highest BCUT2D eigenvalue weighted by atomic mass is 32.1. The van der Waals surface area contributed by atoms with Gasteiger partial charge in [0.05, 0.1) is 0 Å². The van der Waals surface area contributed by atoms with Crippen LogP contribution >= 0.6 is 12.6 Å². The molecule has 3 heteroatoms. The lowest BCUT2D eigenvalue weighted by molar-refractivity contribution is -0.117. The van der Waals surface area contributed by atoms with E-state index in [2.05, 4.69) is 43.8 Å². The van der Waals surface area contributed by atoms with E-state index < -0.39 is 0 Å². The molecule has 92 valence electrons. The molecule has 0 saturated carbocycles. The molecule has 1 fully saturated rings. The van der Waals surface area contributed by atoms with Crippen LogP contribution < -0.4 is 4.90 Å². The topological polar surface area (TPSA) is 20.3 Å². The lowest BCUT2D eigenvalue weighted by Gasteiger charge is -2.16. The van der Waals surface area contributed by atoms with Crippen molar-refractivity contribution in [3.05, 3.63) is 29.8 Å². The summed E-state index contributed by atoms with van der Waals surface area (Å²) < 4.78 is 0. The summed E-state index contributed by atoms with van der Waals surface area (Å²) in [5, 5.41) is 0. The molecule has 0 N–H and O–H groups in total. The fraction of sp³-hybridized carbons (Fsp3) is 0.500. The Morgan fingerprint density at radius 3 is 2.59 bits per heavy atom. The number of hydrogen-bond donors (Lipinski definition) is 1. The van der Waals surface area contributed by atoms with Crippen molar-refractivity contribution in [2.45, 2.75) is 26.2 Å². The standard InChI is InChI=1S/C14H19NOS/c1-2-3-11-4-6-13(7-5-11)15-9-12(10-17)8-14(15)16/h4-7,12,17H,2-3,8-10H2,1H3. The van der Waals surface area contributed by atoms with E-state index in [-0.39, 0.29) is 5.91 Å². The molecule has 1 aromatic rings. The van der Waals surface area contributed by atoms with Crippen LogP contribution in [0.25, 0.3) is 0 Å². The molecule has 1 aromatic carbocycles. The van der Waals surface area contributed by atoms with Crippen molar-refractivity contribution in [3.8, 4) is 0 Å². The van der Waals surface area contributed by atoms with Crippen LogP contribution in [0.15, 0.2) is 24.3 Å². The number of carbonyl (C=O) groups is 1. The summed E-state index contributed by atoms with van der Waals surface area (Å²) in [5.74, 6) is 1.42. The second-order valence-electron chi connectivity index (χ2n) is 4.67. The van der Waals surface area contributed by atoms with Crippen LogP contribution in [0.5, 0.6) is 0 Å². The Morgan fingerprint density at radius 1 is 1.35 bits per heavy atom. The van der Waals surface area contributed by atoms with Crippen LogP contribution in [0.1, 0.15) is 25.3 Å². The van der Waals surface area contributed by atoms with Gasteiger partial charge in [-0.15, -0.1) is 0 Å². The largest absolute Gasteiger partial charge is 0.312 e. The number of thiol groups is 1. The molecule has 0 aromatic heterocycles. The van der Waals surface area contributed by atoms with Crippen molar-refractivity contribution in [1.29, 1.82) is 0 Å². The first-order valence-corrected chi connectivity index (χ1v) is 6.88. The van der Waals surface area contributed by atoms with E-state index in [1.807, 2.05) is 4.90 Å². The van der Waals surface area contributed by atoms with Gasteiger partial charge in [0, 0.05) is 18.7 Å². The molecule has 0 spiro atoms. The average Bonchev–Trinajstić information content (AvgIpc) is 2.72. The quantitative estimate of drug-likeness (QED) is 0.814. The smallest absolute Gasteiger partial charge is 0.227 e. The van der Waals surface area contributed by atoms with Gasteiger partial charge >= 0.3 is 0 Å². The van der Waals surface area contributed by atoms with E-state index in [4.69, 9.17) is 0 Å².